The van der Waals surface area contributed by atoms with Crippen molar-refractivity contribution in [1.82, 2.24) is 14.7 Å². The third-order valence-electron chi connectivity index (χ3n) is 6.48. The fourth-order valence-electron chi connectivity index (χ4n) is 4.64. The molecule has 1 amide bonds. The maximum atomic E-state index is 13.5. The number of carbonyl (C=O) groups excluding carboxylic acids is 1. The first kappa shape index (κ1) is 22.5. The largest absolute Gasteiger partial charge is 0.483 e. The normalized spacial score (nSPS) is 16.6. The van der Waals surface area contributed by atoms with Gasteiger partial charge in [0.2, 0.25) is 5.75 Å². The summed E-state index contributed by atoms with van der Waals surface area (Å²) >= 11 is 6.15. The lowest BCUT2D eigenvalue weighted by atomic mass is 10.2. The number of benzene rings is 2. The number of ether oxygens (including phenoxy) is 1. The van der Waals surface area contributed by atoms with Crippen LogP contribution in [0.25, 0.3) is 5.69 Å². The Morgan fingerprint density at radius 2 is 1.71 bits per heavy atom. The predicted octanol–water partition coefficient (Wildman–Crippen LogP) is 4.17. The zero-order chi connectivity index (χ0) is 23.5. The molecule has 2 aliphatic rings. The predicted molar refractivity (Wildman–Crippen MR) is 132 cm³/mol. The van der Waals surface area contributed by atoms with E-state index in [9.17, 15) is 9.59 Å². The molecule has 0 atom stereocenters. The molecule has 1 saturated carbocycles. The van der Waals surface area contributed by atoms with Gasteiger partial charge in [0, 0.05) is 36.8 Å². The van der Waals surface area contributed by atoms with Gasteiger partial charge in [-0.15, -0.1) is 0 Å². The quantitative estimate of drug-likeness (QED) is 0.550. The van der Waals surface area contributed by atoms with Crippen LogP contribution in [0.3, 0.4) is 0 Å². The molecule has 0 bridgehead atoms. The highest BCUT2D eigenvalue weighted by Crippen LogP contribution is 2.30. The molecule has 1 aliphatic carbocycles. The molecule has 7 nitrogen and oxygen atoms in total. The highest BCUT2D eigenvalue weighted by molar-refractivity contribution is 6.30. The number of carbonyl (C=O) groups is 1. The number of hydrogen-bond donors (Lipinski definition) is 0. The Morgan fingerprint density at radius 1 is 0.971 bits per heavy atom. The molecule has 1 aliphatic heterocycles. The van der Waals surface area contributed by atoms with Crippen molar-refractivity contribution < 1.29 is 9.53 Å². The molecule has 0 unspecified atom stereocenters. The van der Waals surface area contributed by atoms with Gasteiger partial charge >= 0.3 is 5.56 Å². The molecule has 2 fully saturated rings. The van der Waals surface area contributed by atoms with E-state index in [1.165, 1.54) is 4.68 Å². The standard InChI is InChI=1S/C26H27ClN4O3/c27-20-9-6-10-21(17-20)31-26(33)24(34-22-11-4-5-12-22)23(18-28-31)29-13-15-30(16-14-29)25(32)19-7-2-1-3-8-19/h1-3,6-10,17-18,22H,4-5,11-16H2. The van der Waals surface area contributed by atoms with Crippen molar-refractivity contribution >= 4 is 23.2 Å². The number of anilines is 1. The molecule has 5 rings (SSSR count). The van der Waals surface area contributed by atoms with Crippen LogP contribution in [0.2, 0.25) is 5.02 Å². The van der Waals surface area contributed by atoms with E-state index in [1.54, 1.807) is 30.5 Å². The van der Waals surface area contributed by atoms with Crippen molar-refractivity contribution in [2.24, 2.45) is 0 Å². The van der Waals surface area contributed by atoms with Gasteiger partial charge in [0.15, 0.2) is 0 Å². The van der Waals surface area contributed by atoms with Crippen molar-refractivity contribution in [3.05, 3.63) is 81.7 Å². The van der Waals surface area contributed by atoms with Gasteiger partial charge in [-0.2, -0.15) is 9.78 Å². The summed E-state index contributed by atoms with van der Waals surface area (Å²) in [6.45, 7) is 2.33. The average Bonchev–Trinajstić information content (AvgIpc) is 3.39. The molecule has 8 heteroatoms. The number of piperazine rings is 1. The minimum atomic E-state index is -0.297. The van der Waals surface area contributed by atoms with Crippen LogP contribution in [-0.2, 0) is 0 Å². The van der Waals surface area contributed by atoms with E-state index in [0.717, 1.165) is 25.7 Å². The minimum Gasteiger partial charge on any atom is -0.483 e. The number of rotatable bonds is 5. The van der Waals surface area contributed by atoms with Crippen LogP contribution in [-0.4, -0.2) is 52.9 Å². The van der Waals surface area contributed by atoms with Crippen molar-refractivity contribution in [2.45, 2.75) is 31.8 Å². The Labute approximate surface area is 203 Å². The molecule has 2 heterocycles. The number of amides is 1. The van der Waals surface area contributed by atoms with E-state index in [2.05, 4.69) is 10.00 Å². The molecule has 0 radical (unpaired) electrons. The smallest absolute Gasteiger partial charge is 0.316 e. The molecule has 0 N–H and O–H groups in total. The van der Waals surface area contributed by atoms with Crippen LogP contribution in [0.15, 0.2) is 65.6 Å². The van der Waals surface area contributed by atoms with E-state index in [4.69, 9.17) is 16.3 Å². The summed E-state index contributed by atoms with van der Waals surface area (Å²) < 4.78 is 7.64. The summed E-state index contributed by atoms with van der Waals surface area (Å²) in [5.74, 6) is 0.349. The monoisotopic (exact) mass is 478 g/mol. The van der Waals surface area contributed by atoms with Crippen LogP contribution in [0.1, 0.15) is 36.0 Å². The molecule has 0 spiro atoms. The van der Waals surface area contributed by atoms with Crippen molar-refractivity contribution in [2.75, 3.05) is 31.1 Å². The van der Waals surface area contributed by atoms with E-state index < -0.39 is 0 Å². The lowest BCUT2D eigenvalue weighted by molar-refractivity contribution is 0.0746. The fourth-order valence-corrected chi connectivity index (χ4v) is 4.83. The van der Waals surface area contributed by atoms with Gasteiger partial charge in [0.05, 0.1) is 18.0 Å². The van der Waals surface area contributed by atoms with Crippen LogP contribution >= 0.6 is 11.6 Å². The lowest BCUT2D eigenvalue weighted by Gasteiger charge is -2.36. The van der Waals surface area contributed by atoms with Crippen LogP contribution < -0.4 is 15.2 Å². The maximum absolute atomic E-state index is 13.5. The Bertz CT molecular complexity index is 1220. The first-order valence-corrected chi connectivity index (χ1v) is 12.1. The fraction of sp³-hybridized carbons (Fsp3) is 0.346. The second-order valence-corrected chi connectivity index (χ2v) is 9.16. The summed E-state index contributed by atoms with van der Waals surface area (Å²) in [7, 11) is 0. The topological polar surface area (TPSA) is 67.7 Å². The van der Waals surface area contributed by atoms with E-state index >= 15 is 0 Å². The summed E-state index contributed by atoms with van der Waals surface area (Å²) in [4.78, 5) is 30.3. The average molecular weight is 479 g/mol. The summed E-state index contributed by atoms with van der Waals surface area (Å²) in [6.07, 6.45) is 5.82. The van der Waals surface area contributed by atoms with Gasteiger partial charge in [-0.3, -0.25) is 9.59 Å². The Kier molecular flexibility index (Phi) is 6.54. The molecule has 1 saturated heterocycles. The highest BCUT2D eigenvalue weighted by Gasteiger charge is 2.28. The van der Waals surface area contributed by atoms with Gasteiger partial charge in [0.25, 0.3) is 5.91 Å². The molecule has 34 heavy (non-hydrogen) atoms. The van der Waals surface area contributed by atoms with Gasteiger partial charge in [-0.05, 0) is 56.0 Å². The van der Waals surface area contributed by atoms with E-state index in [-0.39, 0.29) is 17.6 Å². The lowest BCUT2D eigenvalue weighted by Crippen LogP contribution is -2.49. The second kappa shape index (κ2) is 9.89. The van der Waals surface area contributed by atoms with Crippen molar-refractivity contribution in [3.63, 3.8) is 0 Å². The SMILES string of the molecule is O=C(c1ccccc1)N1CCN(c2cnn(-c3cccc(Cl)c3)c(=O)c2OC2CCCC2)CC1. The van der Waals surface area contributed by atoms with E-state index in [0.29, 0.717) is 53.9 Å². The third-order valence-corrected chi connectivity index (χ3v) is 6.72. The van der Waals surface area contributed by atoms with Gasteiger partial charge < -0.3 is 14.5 Å². The highest BCUT2D eigenvalue weighted by atomic mass is 35.5. The minimum absolute atomic E-state index is 0.0252. The molecule has 3 aromatic rings. The summed E-state index contributed by atoms with van der Waals surface area (Å²) in [6, 6.07) is 16.4. The first-order valence-electron chi connectivity index (χ1n) is 11.7. The number of halogens is 1. The number of hydrogen-bond acceptors (Lipinski definition) is 5. The third kappa shape index (κ3) is 4.66. The van der Waals surface area contributed by atoms with Crippen LogP contribution in [0.4, 0.5) is 5.69 Å². The zero-order valence-electron chi connectivity index (χ0n) is 18.9. The molecular formula is C26H27ClN4O3. The summed E-state index contributed by atoms with van der Waals surface area (Å²) in [5, 5.41) is 4.98. The number of aromatic nitrogens is 2. The maximum Gasteiger partial charge on any atom is 0.316 e. The van der Waals surface area contributed by atoms with Crippen LogP contribution in [0, 0.1) is 0 Å². The molecule has 176 valence electrons. The molecule has 2 aromatic carbocycles. The Hall–Kier alpha value is -3.32. The second-order valence-electron chi connectivity index (χ2n) is 8.73. The van der Waals surface area contributed by atoms with Gasteiger partial charge in [0.1, 0.15) is 5.69 Å². The van der Waals surface area contributed by atoms with Gasteiger partial charge in [-0.25, -0.2) is 0 Å². The Balaban J connectivity index is 1.41. The van der Waals surface area contributed by atoms with E-state index in [1.807, 2.05) is 35.2 Å². The van der Waals surface area contributed by atoms with Crippen molar-refractivity contribution in [3.8, 4) is 11.4 Å². The zero-order valence-corrected chi connectivity index (χ0v) is 19.7. The first-order chi connectivity index (χ1) is 16.6. The van der Waals surface area contributed by atoms with Crippen molar-refractivity contribution in [1.29, 1.82) is 0 Å². The number of nitrogens with zero attached hydrogens (tertiary/aromatic N) is 4. The van der Waals surface area contributed by atoms with Crippen LogP contribution in [0.5, 0.6) is 5.75 Å². The Morgan fingerprint density at radius 3 is 2.41 bits per heavy atom. The summed E-state index contributed by atoms with van der Waals surface area (Å²) in [5.41, 5.74) is 1.67. The van der Waals surface area contributed by atoms with Gasteiger partial charge in [-0.1, -0.05) is 35.9 Å². The molecular weight excluding hydrogens is 452 g/mol. The molecule has 1 aromatic heterocycles.